The first-order chi connectivity index (χ1) is 13.7. The predicted molar refractivity (Wildman–Crippen MR) is 105 cm³/mol. The molecule has 1 aromatic heterocycles. The Kier molecular flexibility index (Phi) is 5.14. The van der Waals surface area contributed by atoms with E-state index in [1.807, 2.05) is 25.1 Å². The molecule has 0 bridgehead atoms. The molecule has 1 amide bonds. The van der Waals surface area contributed by atoms with Crippen LogP contribution in [0, 0.1) is 18.8 Å². The van der Waals surface area contributed by atoms with E-state index < -0.39 is 24.2 Å². The number of aryl methyl sites for hydroxylation is 1. The second-order valence-electron chi connectivity index (χ2n) is 8.25. The number of fused-ring (bicyclic) bond motifs is 1. The van der Waals surface area contributed by atoms with Crippen molar-refractivity contribution >= 4 is 22.5 Å². The van der Waals surface area contributed by atoms with Crippen molar-refractivity contribution in [1.29, 1.82) is 0 Å². The van der Waals surface area contributed by atoms with Gasteiger partial charge in [-0.3, -0.25) is 9.78 Å². The first-order valence-corrected chi connectivity index (χ1v) is 9.96. The molecule has 156 valence electrons. The van der Waals surface area contributed by atoms with Crippen LogP contribution < -0.4 is 16.0 Å². The highest BCUT2D eigenvalue weighted by atomic mass is 19.4. The summed E-state index contributed by atoms with van der Waals surface area (Å²) in [6.45, 7) is 2.09. The average Bonchev–Trinajstić information content (AvgIpc) is 3.52. The summed E-state index contributed by atoms with van der Waals surface area (Å²) in [5.41, 5.74) is 8.39. The Morgan fingerprint density at radius 3 is 2.72 bits per heavy atom. The van der Waals surface area contributed by atoms with E-state index in [0.717, 1.165) is 29.3 Å². The van der Waals surface area contributed by atoms with Crippen molar-refractivity contribution in [2.75, 3.05) is 18.0 Å². The van der Waals surface area contributed by atoms with Crippen LogP contribution >= 0.6 is 0 Å². The fourth-order valence-corrected chi connectivity index (χ4v) is 4.18. The maximum Gasteiger partial charge on any atom is 0.393 e. The van der Waals surface area contributed by atoms with Gasteiger partial charge in [-0.2, -0.15) is 13.2 Å². The molecule has 1 saturated heterocycles. The molecular weight excluding hydrogens is 381 g/mol. The smallest absolute Gasteiger partial charge is 0.368 e. The number of carbonyl (C=O) groups is 1. The number of amides is 1. The second-order valence-corrected chi connectivity index (χ2v) is 8.25. The molecular formula is C21H25F3N4O. The van der Waals surface area contributed by atoms with E-state index in [4.69, 9.17) is 5.73 Å². The van der Waals surface area contributed by atoms with E-state index in [-0.39, 0.29) is 24.8 Å². The molecule has 0 radical (unpaired) electrons. The Balaban J connectivity index is 1.62. The summed E-state index contributed by atoms with van der Waals surface area (Å²) in [4.78, 5) is 18.5. The minimum absolute atomic E-state index is 0.134. The normalized spacial score (nSPS) is 23.8. The average molecular weight is 406 g/mol. The third-order valence-electron chi connectivity index (χ3n) is 5.98. The van der Waals surface area contributed by atoms with E-state index in [1.165, 1.54) is 0 Å². The van der Waals surface area contributed by atoms with Gasteiger partial charge < -0.3 is 16.0 Å². The van der Waals surface area contributed by atoms with Gasteiger partial charge in [-0.25, -0.2) is 0 Å². The van der Waals surface area contributed by atoms with Gasteiger partial charge in [-0.1, -0.05) is 6.07 Å². The van der Waals surface area contributed by atoms with Gasteiger partial charge in [0.05, 0.1) is 17.5 Å². The van der Waals surface area contributed by atoms with E-state index >= 15 is 0 Å². The summed E-state index contributed by atoms with van der Waals surface area (Å²) in [6, 6.07) is 6.12. The number of pyridine rings is 1. The maximum atomic E-state index is 13.6. The molecule has 3 unspecified atom stereocenters. The van der Waals surface area contributed by atoms with Crippen LogP contribution in [0.4, 0.5) is 18.9 Å². The number of aromatic nitrogens is 1. The minimum Gasteiger partial charge on any atom is -0.368 e. The third kappa shape index (κ3) is 4.17. The number of hydrogen-bond acceptors (Lipinski definition) is 4. The topological polar surface area (TPSA) is 71.2 Å². The Hall–Kier alpha value is -2.35. The van der Waals surface area contributed by atoms with Crippen molar-refractivity contribution in [3.63, 3.8) is 0 Å². The molecule has 2 aromatic rings. The monoisotopic (exact) mass is 406 g/mol. The first kappa shape index (κ1) is 19.9. The molecule has 1 aliphatic heterocycles. The van der Waals surface area contributed by atoms with Crippen LogP contribution in [0.15, 0.2) is 30.5 Å². The molecule has 0 spiro atoms. The van der Waals surface area contributed by atoms with E-state index in [2.05, 4.69) is 10.3 Å². The number of piperidine rings is 1. The Morgan fingerprint density at radius 1 is 1.28 bits per heavy atom. The zero-order valence-corrected chi connectivity index (χ0v) is 16.2. The molecule has 2 heterocycles. The maximum absolute atomic E-state index is 13.6. The highest BCUT2D eigenvalue weighted by Gasteiger charge is 2.45. The number of nitrogens with two attached hydrogens (primary N) is 1. The van der Waals surface area contributed by atoms with Gasteiger partial charge in [0.1, 0.15) is 0 Å². The quantitative estimate of drug-likeness (QED) is 0.818. The first-order valence-electron chi connectivity index (χ1n) is 9.96. The number of nitrogens with one attached hydrogen (secondary N) is 1. The molecule has 29 heavy (non-hydrogen) atoms. The fourth-order valence-electron chi connectivity index (χ4n) is 4.18. The van der Waals surface area contributed by atoms with Crippen LogP contribution in [-0.2, 0) is 4.79 Å². The van der Waals surface area contributed by atoms with Crippen molar-refractivity contribution in [1.82, 2.24) is 10.3 Å². The van der Waals surface area contributed by atoms with E-state index in [1.54, 1.807) is 17.2 Å². The lowest BCUT2D eigenvalue weighted by Gasteiger charge is -2.40. The standard InChI is InChI=1S/C21H25F3N4O/c1-12-4-7-17(16-3-2-8-26-19(12)16)28-10-14(21(22,23)24)9-15(11-28)27-20(29)18(25)13-5-6-13/h2-4,7-8,13-15,18H,5-6,9-11,25H2,1H3,(H,27,29). The highest BCUT2D eigenvalue weighted by molar-refractivity contribution is 5.94. The number of benzene rings is 1. The zero-order valence-electron chi connectivity index (χ0n) is 16.2. The molecule has 1 aromatic carbocycles. The molecule has 3 N–H and O–H groups in total. The molecule has 5 nitrogen and oxygen atoms in total. The number of carbonyl (C=O) groups excluding carboxylic acids is 1. The van der Waals surface area contributed by atoms with Crippen molar-refractivity contribution in [3.05, 3.63) is 36.0 Å². The summed E-state index contributed by atoms with van der Waals surface area (Å²) in [6.07, 6.45) is -0.988. The van der Waals surface area contributed by atoms with Gasteiger partial charge in [0, 0.05) is 36.4 Å². The SMILES string of the molecule is Cc1ccc(N2CC(NC(=O)C(N)C3CC3)CC(C(F)(F)F)C2)c2cccnc12. The third-order valence-corrected chi connectivity index (χ3v) is 5.98. The van der Waals surface area contributed by atoms with Crippen LogP contribution in [0.1, 0.15) is 24.8 Å². The molecule has 4 rings (SSSR count). The number of nitrogens with zero attached hydrogens (tertiary/aromatic N) is 2. The molecule has 1 saturated carbocycles. The number of anilines is 1. The van der Waals surface area contributed by atoms with Gasteiger partial charge in [-0.15, -0.1) is 0 Å². The van der Waals surface area contributed by atoms with Crippen LogP contribution in [-0.4, -0.2) is 42.2 Å². The van der Waals surface area contributed by atoms with Crippen LogP contribution in [0.3, 0.4) is 0 Å². The number of rotatable bonds is 4. The Labute approximate surface area is 167 Å². The number of hydrogen-bond donors (Lipinski definition) is 2. The Morgan fingerprint density at radius 2 is 2.03 bits per heavy atom. The summed E-state index contributed by atoms with van der Waals surface area (Å²) in [5.74, 6) is -1.72. The summed E-state index contributed by atoms with van der Waals surface area (Å²) < 4.78 is 40.9. The summed E-state index contributed by atoms with van der Waals surface area (Å²) in [7, 11) is 0. The van der Waals surface area contributed by atoms with Gasteiger partial charge >= 0.3 is 6.18 Å². The van der Waals surface area contributed by atoms with Crippen molar-refractivity contribution in [2.24, 2.45) is 17.6 Å². The fraction of sp³-hybridized carbons (Fsp3) is 0.524. The molecule has 1 aliphatic carbocycles. The summed E-state index contributed by atoms with van der Waals surface area (Å²) >= 11 is 0. The number of alkyl halides is 3. The molecule has 8 heteroatoms. The summed E-state index contributed by atoms with van der Waals surface area (Å²) in [5, 5.41) is 3.59. The predicted octanol–water partition coefficient (Wildman–Crippen LogP) is 3.15. The van der Waals surface area contributed by atoms with E-state index in [0.29, 0.717) is 12.2 Å². The lowest BCUT2D eigenvalue weighted by Crippen LogP contribution is -2.56. The van der Waals surface area contributed by atoms with Gasteiger partial charge in [0.15, 0.2) is 0 Å². The van der Waals surface area contributed by atoms with Crippen LogP contribution in [0.25, 0.3) is 10.9 Å². The lowest BCUT2D eigenvalue weighted by atomic mass is 9.92. The van der Waals surface area contributed by atoms with Crippen LogP contribution in [0.5, 0.6) is 0 Å². The largest absolute Gasteiger partial charge is 0.393 e. The second kappa shape index (κ2) is 7.48. The van der Waals surface area contributed by atoms with Crippen molar-refractivity contribution in [3.8, 4) is 0 Å². The van der Waals surface area contributed by atoms with Gasteiger partial charge in [0.2, 0.25) is 5.91 Å². The lowest BCUT2D eigenvalue weighted by molar-refractivity contribution is -0.178. The molecule has 3 atom stereocenters. The molecule has 2 aliphatic rings. The van der Waals surface area contributed by atoms with Crippen molar-refractivity contribution in [2.45, 2.75) is 44.4 Å². The highest BCUT2D eigenvalue weighted by Crippen LogP contribution is 2.37. The zero-order chi connectivity index (χ0) is 20.8. The minimum atomic E-state index is -4.33. The van der Waals surface area contributed by atoms with Gasteiger partial charge in [0.25, 0.3) is 0 Å². The Bertz CT molecular complexity index is 912. The van der Waals surface area contributed by atoms with Gasteiger partial charge in [-0.05, 0) is 55.9 Å². The van der Waals surface area contributed by atoms with E-state index in [9.17, 15) is 18.0 Å². The number of halogens is 3. The van der Waals surface area contributed by atoms with Crippen molar-refractivity contribution < 1.29 is 18.0 Å². The molecule has 2 fully saturated rings. The van der Waals surface area contributed by atoms with Crippen LogP contribution in [0.2, 0.25) is 0 Å².